The van der Waals surface area contributed by atoms with Gasteiger partial charge in [-0.1, -0.05) is 13.8 Å². The van der Waals surface area contributed by atoms with Gasteiger partial charge in [0.15, 0.2) is 0 Å². The van der Waals surface area contributed by atoms with E-state index in [2.05, 4.69) is 18.7 Å². The molecule has 0 aliphatic carbocycles. The molecule has 0 radical (unpaired) electrons. The molecule has 0 saturated carbocycles. The molecular formula is C7H17NOS. The van der Waals surface area contributed by atoms with E-state index in [1.165, 1.54) is 0 Å². The van der Waals surface area contributed by atoms with Crippen molar-refractivity contribution in [3.8, 4) is 0 Å². The van der Waals surface area contributed by atoms with Crippen LogP contribution in [-0.4, -0.2) is 41.3 Å². The van der Waals surface area contributed by atoms with E-state index >= 15 is 0 Å². The summed E-state index contributed by atoms with van der Waals surface area (Å²) in [5.41, 5.74) is 0. The average Bonchev–Trinajstić information content (AvgIpc) is 1.99. The average molecular weight is 163 g/mol. The minimum Gasteiger partial charge on any atom is -0.396 e. The third-order valence-corrected chi connectivity index (χ3v) is 2.42. The third kappa shape index (κ3) is 5.09. The van der Waals surface area contributed by atoms with E-state index < -0.39 is 0 Å². The number of thioether (sulfide) groups is 1. The number of nitrogens with zero attached hydrogens (tertiary/aromatic N) is 1. The van der Waals surface area contributed by atoms with Gasteiger partial charge in [0.25, 0.3) is 0 Å². The molecule has 0 heterocycles. The Labute approximate surface area is 67.6 Å². The minimum absolute atomic E-state index is 0.298. The molecule has 2 nitrogen and oxygen atoms in total. The Balaban J connectivity index is 3.09. The maximum Gasteiger partial charge on any atom is 0.0522 e. The second-order valence-electron chi connectivity index (χ2n) is 2.06. The molecule has 0 aliphatic heterocycles. The van der Waals surface area contributed by atoms with Crippen LogP contribution in [-0.2, 0) is 0 Å². The Morgan fingerprint density at radius 2 is 1.90 bits per heavy atom. The maximum absolute atomic E-state index is 8.49. The van der Waals surface area contributed by atoms with Gasteiger partial charge in [-0.05, 0) is 13.1 Å². The predicted octanol–water partition coefficient (Wildman–Crippen LogP) is 1.01. The Morgan fingerprint density at radius 3 is 2.30 bits per heavy atom. The molecule has 0 aromatic rings. The van der Waals surface area contributed by atoms with Crippen LogP contribution in [0.15, 0.2) is 0 Å². The molecule has 0 bridgehead atoms. The lowest BCUT2D eigenvalue weighted by Gasteiger charge is -2.16. The molecule has 0 rings (SSSR count). The third-order valence-electron chi connectivity index (χ3n) is 1.40. The van der Waals surface area contributed by atoms with E-state index in [4.69, 9.17) is 5.11 Å². The number of hydrogen-bond acceptors (Lipinski definition) is 3. The highest BCUT2D eigenvalue weighted by Gasteiger charge is 1.96. The summed E-state index contributed by atoms with van der Waals surface area (Å²) in [7, 11) is 0. The van der Waals surface area contributed by atoms with Gasteiger partial charge >= 0.3 is 0 Å². The van der Waals surface area contributed by atoms with Gasteiger partial charge in [-0.3, -0.25) is 4.90 Å². The van der Waals surface area contributed by atoms with Crippen LogP contribution in [0.2, 0.25) is 0 Å². The van der Waals surface area contributed by atoms with Gasteiger partial charge in [-0.2, -0.15) is 0 Å². The summed E-state index contributed by atoms with van der Waals surface area (Å²) in [6.07, 6.45) is 0. The van der Waals surface area contributed by atoms with Crippen molar-refractivity contribution < 1.29 is 5.11 Å². The highest BCUT2D eigenvalue weighted by atomic mass is 32.2. The molecule has 3 heteroatoms. The zero-order chi connectivity index (χ0) is 7.82. The van der Waals surface area contributed by atoms with Crippen molar-refractivity contribution in [1.82, 2.24) is 4.90 Å². The number of hydrogen-bond donors (Lipinski definition) is 1. The van der Waals surface area contributed by atoms with Crippen LogP contribution in [0, 0.1) is 0 Å². The molecule has 1 N–H and O–H groups in total. The van der Waals surface area contributed by atoms with Gasteiger partial charge in [-0.15, -0.1) is 11.8 Å². The van der Waals surface area contributed by atoms with Gasteiger partial charge < -0.3 is 5.11 Å². The van der Waals surface area contributed by atoms with E-state index in [-0.39, 0.29) is 0 Å². The summed E-state index contributed by atoms with van der Waals surface area (Å²) in [6, 6.07) is 0. The molecule has 0 aliphatic rings. The molecule has 10 heavy (non-hydrogen) atoms. The van der Waals surface area contributed by atoms with Crippen LogP contribution in [0.5, 0.6) is 0 Å². The summed E-state index contributed by atoms with van der Waals surface area (Å²) < 4.78 is 0. The first-order valence-corrected chi connectivity index (χ1v) is 4.91. The first-order valence-electron chi connectivity index (χ1n) is 3.76. The van der Waals surface area contributed by atoms with E-state index in [0.29, 0.717) is 6.61 Å². The van der Waals surface area contributed by atoms with Gasteiger partial charge in [0, 0.05) is 11.6 Å². The van der Waals surface area contributed by atoms with Crippen LogP contribution in [0.1, 0.15) is 13.8 Å². The normalized spacial score (nSPS) is 10.8. The Bertz CT molecular complexity index is 66.6. The molecule has 0 spiro atoms. The molecule has 0 aromatic carbocycles. The van der Waals surface area contributed by atoms with Crippen molar-refractivity contribution in [2.75, 3.05) is 31.3 Å². The van der Waals surface area contributed by atoms with Crippen molar-refractivity contribution in [3.05, 3.63) is 0 Å². The number of aliphatic hydroxyl groups excluding tert-OH is 1. The zero-order valence-corrected chi connectivity index (χ0v) is 7.65. The molecule has 62 valence electrons. The first-order chi connectivity index (χ1) is 4.85. The minimum atomic E-state index is 0.298. The Kier molecular flexibility index (Phi) is 7.58. The monoisotopic (exact) mass is 163 g/mol. The molecule has 0 amide bonds. The second kappa shape index (κ2) is 7.38. The van der Waals surface area contributed by atoms with E-state index in [1.807, 2.05) is 0 Å². The van der Waals surface area contributed by atoms with Gasteiger partial charge in [0.05, 0.1) is 6.61 Å². The fourth-order valence-electron chi connectivity index (χ4n) is 0.664. The fourth-order valence-corrected chi connectivity index (χ4v) is 1.55. The highest BCUT2D eigenvalue weighted by molar-refractivity contribution is 7.99. The van der Waals surface area contributed by atoms with E-state index in [0.717, 1.165) is 24.7 Å². The van der Waals surface area contributed by atoms with Crippen molar-refractivity contribution in [2.24, 2.45) is 0 Å². The summed E-state index contributed by atoms with van der Waals surface area (Å²) in [5, 5.41) is 8.49. The molecule has 0 aromatic heterocycles. The first kappa shape index (κ1) is 10.3. The van der Waals surface area contributed by atoms with Gasteiger partial charge in [0.2, 0.25) is 0 Å². The van der Waals surface area contributed by atoms with Crippen molar-refractivity contribution >= 4 is 11.8 Å². The fraction of sp³-hybridized carbons (Fsp3) is 1.00. The van der Waals surface area contributed by atoms with Crippen LogP contribution >= 0.6 is 11.8 Å². The summed E-state index contributed by atoms with van der Waals surface area (Å²) >= 11 is 1.79. The van der Waals surface area contributed by atoms with Crippen molar-refractivity contribution in [1.29, 1.82) is 0 Å². The molecular weight excluding hydrogens is 146 g/mol. The zero-order valence-electron chi connectivity index (χ0n) is 6.84. The summed E-state index contributed by atoms with van der Waals surface area (Å²) in [4.78, 5) is 2.33. The predicted molar refractivity (Wildman–Crippen MR) is 47.3 cm³/mol. The van der Waals surface area contributed by atoms with Gasteiger partial charge in [0.1, 0.15) is 0 Å². The van der Waals surface area contributed by atoms with Crippen molar-refractivity contribution in [3.63, 3.8) is 0 Å². The van der Waals surface area contributed by atoms with Crippen LogP contribution in [0.25, 0.3) is 0 Å². The summed E-state index contributed by atoms with van der Waals surface area (Å²) in [6.45, 7) is 6.82. The van der Waals surface area contributed by atoms with E-state index in [1.54, 1.807) is 11.8 Å². The van der Waals surface area contributed by atoms with Crippen LogP contribution in [0.3, 0.4) is 0 Å². The lowest BCUT2D eigenvalue weighted by molar-refractivity contribution is 0.321. The Hall–Kier alpha value is 0.270. The smallest absolute Gasteiger partial charge is 0.0522 e. The largest absolute Gasteiger partial charge is 0.396 e. The maximum atomic E-state index is 8.49. The quantitative estimate of drug-likeness (QED) is 0.467. The topological polar surface area (TPSA) is 23.5 Å². The lowest BCUT2D eigenvalue weighted by Crippen LogP contribution is -2.22. The molecule has 0 unspecified atom stereocenters. The number of aliphatic hydroxyl groups is 1. The standard InChI is InChI=1S/C7H17NOS/c1-3-8(4-2)7-10-6-5-9/h9H,3-7H2,1-2H3. The van der Waals surface area contributed by atoms with E-state index in [9.17, 15) is 0 Å². The lowest BCUT2D eigenvalue weighted by atomic mass is 10.6. The molecule has 0 fully saturated rings. The summed E-state index contributed by atoms with van der Waals surface area (Å²) in [5.74, 6) is 1.91. The molecule has 0 atom stereocenters. The second-order valence-corrected chi connectivity index (χ2v) is 3.14. The molecule has 0 saturated heterocycles. The highest BCUT2D eigenvalue weighted by Crippen LogP contribution is 2.01. The van der Waals surface area contributed by atoms with Gasteiger partial charge in [-0.25, -0.2) is 0 Å². The van der Waals surface area contributed by atoms with Crippen LogP contribution < -0.4 is 0 Å². The SMILES string of the molecule is CCN(CC)CSCCO. The number of rotatable bonds is 6. The van der Waals surface area contributed by atoms with Crippen LogP contribution in [0.4, 0.5) is 0 Å². The Morgan fingerprint density at radius 1 is 1.30 bits per heavy atom. The van der Waals surface area contributed by atoms with Crippen molar-refractivity contribution in [2.45, 2.75) is 13.8 Å².